The number of aromatic hydroxyl groups is 1. The summed E-state index contributed by atoms with van der Waals surface area (Å²) >= 11 is 0. The van der Waals surface area contributed by atoms with Crippen LogP contribution in [0.15, 0.2) is 24.4 Å². The van der Waals surface area contributed by atoms with Crippen molar-refractivity contribution in [3.05, 3.63) is 35.7 Å². The molecule has 1 amide bonds. The summed E-state index contributed by atoms with van der Waals surface area (Å²) in [5.41, 5.74) is 1.32. The average molecular weight is 399 g/mol. The van der Waals surface area contributed by atoms with Gasteiger partial charge in [0.1, 0.15) is 0 Å². The van der Waals surface area contributed by atoms with Gasteiger partial charge in [-0.1, -0.05) is 17.3 Å². The number of phenolic OH excluding ortho intramolecular Hbond substituents is 1. The quantitative estimate of drug-likeness (QED) is 0.801. The van der Waals surface area contributed by atoms with E-state index in [4.69, 9.17) is 4.74 Å². The molecule has 2 aliphatic rings. The molecule has 0 radical (unpaired) electrons. The van der Waals surface area contributed by atoms with Crippen LogP contribution in [0.3, 0.4) is 0 Å². The Morgan fingerprint density at radius 3 is 2.86 bits per heavy atom. The molecule has 4 rings (SSSR count). The lowest BCUT2D eigenvalue weighted by molar-refractivity contribution is 0.0787. The zero-order valence-corrected chi connectivity index (χ0v) is 17.0. The monoisotopic (exact) mass is 399 g/mol. The fraction of sp³-hybridized carbons (Fsp3) is 0.571. The minimum Gasteiger partial charge on any atom is -0.504 e. The largest absolute Gasteiger partial charge is 0.504 e. The molecule has 0 aliphatic carbocycles. The molecule has 1 N–H and O–H groups in total. The van der Waals surface area contributed by atoms with Gasteiger partial charge in [0.05, 0.1) is 13.3 Å². The Kier molecular flexibility index (Phi) is 5.99. The van der Waals surface area contributed by atoms with E-state index in [-0.39, 0.29) is 11.7 Å². The van der Waals surface area contributed by atoms with Gasteiger partial charge in [-0.05, 0) is 44.2 Å². The molecule has 29 heavy (non-hydrogen) atoms. The zero-order chi connectivity index (χ0) is 20.2. The molecule has 1 unspecified atom stereocenters. The van der Waals surface area contributed by atoms with E-state index < -0.39 is 0 Å². The highest BCUT2D eigenvalue weighted by Gasteiger charge is 2.24. The van der Waals surface area contributed by atoms with Crippen LogP contribution >= 0.6 is 0 Å². The molecular weight excluding hydrogens is 370 g/mol. The molecule has 156 valence electrons. The predicted octanol–water partition coefficient (Wildman–Crippen LogP) is 2.14. The van der Waals surface area contributed by atoms with Crippen molar-refractivity contribution in [1.82, 2.24) is 24.8 Å². The standard InChI is InChI=1S/C21H29N5O3/c1-29-19-8-4-7-17(20(19)27)14-24-9-5-6-16(12-24)13-26-15-18(22-23-26)21(28)25-10-2-3-11-25/h4,7-8,15-16,27H,2-3,5-6,9-14H2,1H3. The minimum atomic E-state index is -0.00693. The van der Waals surface area contributed by atoms with E-state index in [1.807, 2.05) is 17.0 Å². The lowest BCUT2D eigenvalue weighted by atomic mass is 9.97. The van der Waals surface area contributed by atoms with Crippen LogP contribution in [0.4, 0.5) is 0 Å². The van der Waals surface area contributed by atoms with Gasteiger partial charge in [-0.3, -0.25) is 14.4 Å². The number of ether oxygens (including phenoxy) is 1. The van der Waals surface area contributed by atoms with Crippen molar-refractivity contribution in [2.45, 2.75) is 38.8 Å². The Morgan fingerprint density at radius 1 is 1.24 bits per heavy atom. The Bertz CT molecular complexity index is 847. The maximum absolute atomic E-state index is 12.5. The average Bonchev–Trinajstić information content (AvgIpc) is 3.42. The molecule has 0 saturated carbocycles. The van der Waals surface area contributed by atoms with Crippen LogP contribution < -0.4 is 4.74 Å². The van der Waals surface area contributed by atoms with Crippen molar-refractivity contribution in [1.29, 1.82) is 0 Å². The SMILES string of the molecule is COc1cccc(CN2CCCC(Cn3cc(C(=O)N4CCCC4)nn3)C2)c1O. The summed E-state index contributed by atoms with van der Waals surface area (Å²) < 4.78 is 7.02. The molecule has 0 spiro atoms. The van der Waals surface area contributed by atoms with E-state index >= 15 is 0 Å². The second-order valence-corrected chi connectivity index (χ2v) is 8.04. The number of para-hydroxylation sites is 1. The highest BCUT2D eigenvalue weighted by molar-refractivity contribution is 5.92. The molecule has 3 heterocycles. The van der Waals surface area contributed by atoms with Gasteiger partial charge in [0.25, 0.3) is 5.91 Å². The van der Waals surface area contributed by atoms with E-state index in [9.17, 15) is 9.90 Å². The van der Waals surface area contributed by atoms with Crippen LogP contribution in [0.1, 0.15) is 41.7 Å². The van der Waals surface area contributed by atoms with Crippen molar-refractivity contribution in [3.63, 3.8) is 0 Å². The topological polar surface area (TPSA) is 83.7 Å². The van der Waals surface area contributed by atoms with Crippen LogP contribution in [-0.4, -0.2) is 69.1 Å². The summed E-state index contributed by atoms with van der Waals surface area (Å²) in [6, 6.07) is 5.61. The Hall–Kier alpha value is -2.61. The van der Waals surface area contributed by atoms with Crippen LogP contribution in [0.25, 0.3) is 0 Å². The Morgan fingerprint density at radius 2 is 2.07 bits per heavy atom. The fourth-order valence-corrected chi connectivity index (χ4v) is 4.38. The molecule has 0 bridgehead atoms. The van der Waals surface area contributed by atoms with Crippen LogP contribution in [-0.2, 0) is 13.1 Å². The first-order chi connectivity index (χ1) is 14.1. The van der Waals surface area contributed by atoms with Gasteiger partial charge in [-0.25, -0.2) is 0 Å². The number of rotatable bonds is 6. The number of phenols is 1. The van der Waals surface area contributed by atoms with Crippen molar-refractivity contribution < 1.29 is 14.6 Å². The molecule has 8 nitrogen and oxygen atoms in total. The van der Waals surface area contributed by atoms with Crippen molar-refractivity contribution in [2.24, 2.45) is 5.92 Å². The summed E-state index contributed by atoms with van der Waals surface area (Å²) in [7, 11) is 1.57. The third kappa shape index (κ3) is 4.53. The van der Waals surface area contributed by atoms with E-state index in [1.54, 1.807) is 24.1 Å². The summed E-state index contributed by atoms with van der Waals surface area (Å²) in [6.07, 6.45) is 6.15. The predicted molar refractivity (Wildman–Crippen MR) is 108 cm³/mol. The summed E-state index contributed by atoms with van der Waals surface area (Å²) in [5, 5.41) is 18.7. The van der Waals surface area contributed by atoms with E-state index in [0.29, 0.717) is 23.9 Å². The number of hydrogen-bond donors (Lipinski definition) is 1. The Labute approximate surface area is 171 Å². The molecule has 1 atom stereocenters. The Balaban J connectivity index is 1.35. The number of methoxy groups -OCH3 is 1. The summed E-state index contributed by atoms with van der Waals surface area (Å²) in [4.78, 5) is 16.7. The first-order valence-electron chi connectivity index (χ1n) is 10.4. The van der Waals surface area contributed by atoms with Gasteiger partial charge in [0.2, 0.25) is 0 Å². The normalized spacial score (nSPS) is 20.2. The second kappa shape index (κ2) is 8.82. The first-order valence-corrected chi connectivity index (χ1v) is 10.4. The number of amides is 1. The van der Waals surface area contributed by atoms with Gasteiger partial charge in [0, 0.05) is 38.3 Å². The molecule has 2 aliphatic heterocycles. The summed E-state index contributed by atoms with van der Waals surface area (Å²) in [6.45, 7) is 5.01. The van der Waals surface area contributed by atoms with Crippen molar-refractivity contribution in [3.8, 4) is 11.5 Å². The third-order valence-electron chi connectivity index (χ3n) is 5.90. The van der Waals surface area contributed by atoms with Gasteiger partial charge in [-0.2, -0.15) is 0 Å². The number of piperidine rings is 1. The fourth-order valence-electron chi connectivity index (χ4n) is 4.38. The van der Waals surface area contributed by atoms with Crippen LogP contribution in [0, 0.1) is 5.92 Å². The maximum atomic E-state index is 12.5. The third-order valence-corrected chi connectivity index (χ3v) is 5.90. The van der Waals surface area contributed by atoms with E-state index in [2.05, 4.69) is 15.2 Å². The number of carbonyl (C=O) groups is 1. The molecule has 2 aromatic rings. The van der Waals surface area contributed by atoms with Gasteiger partial charge >= 0.3 is 0 Å². The van der Waals surface area contributed by atoms with Gasteiger partial charge < -0.3 is 14.7 Å². The van der Waals surface area contributed by atoms with E-state index in [1.165, 1.54) is 0 Å². The van der Waals surface area contributed by atoms with Crippen LogP contribution in [0.5, 0.6) is 11.5 Å². The van der Waals surface area contributed by atoms with Crippen LogP contribution in [0.2, 0.25) is 0 Å². The molecule has 1 aromatic carbocycles. The number of benzene rings is 1. The molecule has 2 fully saturated rings. The molecule has 1 aromatic heterocycles. The molecular formula is C21H29N5O3. The lowest BCUT2D eigenvalue weighted by Crippen LogP contribution is -2.36. The van der Waals surface area contributed by atoms with Crippen molar-refractivity contribution in [2.75, 3.05) is 33.3 Å². The lowest BCUT2D eigenvalue weighted by Gasteiger charge is -2.32. The smallest absolute Gasteiger partial charge is 0.276 e. The number of hydrogen-bond acceptors (Lipinski definition) is 6. The highest BCUT2D eigenvalue weighted by Crippen LogP contribution is 2.31. The number of aromatic nitrogens is 3. The molecule has 8 heteroatoms. The number of carbonyl (C=O) groups excluding carboxylic acids is 1. The summed E-state index contributed by atoms with van der Waals surface area (Å²) in [5.74, 6) is 1.16. The maximum Gasteiger partial charge on any atom is 0.276 e. The second-order valence-electron chi connectivity index (χ2n) is 8.04. The van der Waals surface area contributed by atoms with Gasteiger partial charge in [-0.15, -0.1) is 5.10 Å². The highest BCUT2D eigenvalue weighted by atomic mass is 16.5. The van der Waals surface area contributed by atoms with E-state index in [0.717, 1.165) is 64.0 Å². The minimum absolute atomic E-state index is 0.00693. The van der Waals surface area contributed by atoms with Gasteiger partial charge in [0.15, 0.2) is 17.2 Å². The number of likely N-dealkylation sites (tertiary alicyclic amines) is 2. The van der Waals surface area contributed by atoms with Crippen molar-refractivity contribution >= 4 is 5.91 Å². The molecule has 2 saturated heterocycles. The zero-order valence-electron chi connectivity index (χ0n) is 17.0. The first kappa shape index (κ1) is 19.7. The number of nitrogens with zero attached hydrogens (tertiary/aromatic N) is 5.